The van der Waals surface area contributed by atoms with Crippen molar-refractivity contribution in [1.29, 1.82) is 0 Å². The molecule has 3 heterocycles. The minimum absolute atomic E-state index is 0.0786. The van der Waals surface area contributed by atoms with Crippen LogP contribution in [0.4, 0.5) is 18.3 Å². The maximum absolute atomic E-state index is 12.2. The summed E-state index contributed by atoms with van der Waals surface area (Å²) in [6.45, 7) is 1.23. The first-order chi connectivity index (χ1) is 10.5. The highest BCUT2D eigenvalue weighted by Gasteiger charge is 2.29. The summed E-state index contributed by atoms with van der Waals surface area (Å²) < 4.78 is 47.5. The third kappa shape index (κ3) is 3.75. The maximum atomic E-state index is 12.2. The number of nitrogens with one attached hydrogen (secondary N) is 1. The molecule has 0 spiro atoms. The smallest absolute Gasteiger partial charge is 0.395 e. The third-order valence-electron chi connectivity index (χ3n) is 2.70. The van der Waals surface area contributed by atoms with Gasteiger partial charge in [-0.15, -0.1) is 10.2 Å². The van der Waals surface area contributed by atoms with Gasteiger partial charge in [0.2, 0.25) is 5.13 Å². The summed E-state index contributed by atoms with van der Waals surface area (Å²) >= 11 is 0.871. The standard InChI is InChI=1S/C12H11F3N4O2S/c13-12(14,15)5-9-18-19-11(22-9)16-6-7-1-2-8-10(17-7)21-4-3-20-8/h1-2H,3-6H2,(H,16,19). The summed E-state index contributed by atoms with van der Waals surface area (Å²) in [5.41, 5.74) is 0.664. The second-order valence-corrected chi connectivity index (χ2v) is 5.51. The van der Waals surface area contributed by atoms with Crippen LogP contribution in [-0.4, -0.2) is 34.6 Å². The summed E-state index contributed by atoms with van der Waals surface area (Å²) in [5, 5.41) is 10.3. The minimum atomic E-state index is -4.28. The Kier molecular flexibility index (Phi) is 4.01. The molecule has 0 fully saturated rings. The molecule has 0 radical (unpaired) electrons. The van der Waals surface area contributed by atoms with E-state index in [0.717, 1.165) is 11.3 Å². The number of fused-ring (bicyclic) bond motifs is 1. The second-order valence-electron chi connectivity index (χ2n) is 4.45. The Bertz CT molecular complexity index is 662. The molecule has 2 aromatic heterocycles. The summed E-state index contributed by atoms with van der Waals surface area (Å²) in [5.74, 6) is 0.999. The lowest BCUT2D eigenvalue weighted by molar-refractivity contribution is -0.127. The SMILES string of the molecule is FC(F)(F)Cc1nnc(NCc2ccc3c(n2)OCCO3)s1. The fraction of sp³-hybridized carbons (Fsp3) is 0.417. The quantitative estimate of drug-likeness (QED) is 0.927. The molecule has 0 amide bonds. The first-order valence-electron chi connectivity index (χ1n) is 6.38. The zero-order valence-electron chi connectivity index (χ0n) is 11.2. The average molecular weight is 332 g/mol. The van der Waals surface area contributed by atoms with Crippen LogP contribution in [0.3, 0.4) is 0 Å². The molecule has 10 heteroatoms. The molecule has 0 atom stereocenters. The molecule has 1 aliphatic rings. The van der Waals surface area contributed by atoms with Crippen molar-refractivity contribution in [3.8, 4) is 11.6 Å². The van der Waals surface area contributed by atoms with Crippen molar-refractivity contribution in [2.75, 3.05) is 18.5 Å². The highest BCUT2D eigenvalue weighted by Crippen LogP contribution is 2.28. The number of halogens is 3. The van der Waals surface area contributed by atoms with Gasteiger partial charge >= 0.3 is 6.18 Å². The molecule has 1 aliphatic heterocycles. The van der Waals surface area contributed by atoms with Crippen molar-refractivity contribution >= 4 is 16.5 Å². The molecule has 22 heavy (non-hydrogen) atoms. The molecule has 0 saturated heterocycles. The molecule has 2 aromatic rings. The van der Waals surface area contributed by atoms with Gasteiger partial charge in [0, 0.05) is 0 Å². The largest absolute Gasteiger partial charge is 0.484 e. The van der Waals surface area contributed by atoms with Crippen molar-refractivity contribution < 1.29 is 22.6 Å². The Morgan fingerprint density at radius 1 is 1.18 bits per heavy atom. The van der Waals surface area contributed by atoms with Crippen LogP contribution in [0.25, 0.3) is 0 Å². The highest BCUT2D eigenvalue weighted by atomic mass is 32.1. The Hall–Kier alpha value is -2.10. The summed E-state index contributed by atoms with van der Waals surface area (Å²) in [6, 6.07) is 3.49. The lowest BCUT2D eigenvalue weighted by Gasteiger charge is -2.17. The van der Waals surface area contributed by atoms with Crippen LogP contribution in [0.1, 0.15) is 10.7 Å². The molecule has 0 bridgehead atoms. The van der Waals surface area contributed by atoms with Gasteiger partial charge in [0.25, 0.3) is 5.88 Å². The van der Waals surface area contributed by atoms with E-state index in [0.29, 0.717) is 42.2 Å². The van der Waals surface area contributed by atoms with Crippen molar-refractivity contribution in [2.45, 2.75) is 19.1 Å². The van der Waals surface area contributed by atoms with E-state index in [-0.39, 0.29) is 5.01 Å². The van der Waals surface area contributed by atoms with Crippen molar-refractivity contribution in [1.82, 2.24) is 15.2 Å². The lowest BCUT2D eigenvalue weighted by atomic mass is 10.3. The van der Waals surface area contributed by atoms with Crippen LogP contribution in [-0.2, 0) is 13.0 Å². The Morgan fingerprint density at radius 2 is 2.00 bits per heavy atom. The van der Waals surface area contributed by atoms with Gasteiger partial charge in [0.15, 0.2) is 5.75 Å². The number of ether oxygens (including phenoxy) is 2. The monoisotopic (exact) mass is 332 g/mol. The molecular formula is C12H11F3N4O2S. The molecule has 3 rings (SSSR count). The minimum Gasteiger partial charge on any atom is -0.484 e. The van der Waals surface area contributed by atoms with Crippen molar-refractivity contribution in [3.63, 3.8) is 0 Å². The number of pyridine rings is 1. The van der Waals surface area contributed by atoms with Crippen LogP contribution >= 0.6 is 11.3 Å². The summed E-state index contributed by atoms with van der Waals surface area (Å²) in [7, 11) is 0. The van der Waals surface area contributed by atoms with Crippen LogP contribution in [0.2, 0.25) is 0 Å². The predicted octanol–water partition coefficient (Wildman–Crippen LogP) is 2.42. The van der Waals surface area contributed by atoms with Gasteiger partial charge in [0.1, 0.15) is 18.2 Å². The zero-order valence-corrected chi connectivity index (χ0v) is 12.0. The van der Waals surface area contributed by atoms with E-state index in [2.05, 4.69) is 20.5 Å². The average Bonchev–Trinajstić information content (AvgIpc) is 2.90. The summed E-state index contributed by atoms with van der Waals surface area (Å²) in [4.78, 5) is 4.26. The number of hydrogen-bond donors (Lipinski definition) is 1. The Balaban J connectivity index is 1.60. The van der Waals surface area contributed by atoms with Crippen LogP contribution in [0.15, 0.2) is 12.1 Å². The van der Waals surface area contributed by atoms with Gasteiger partial charge in [0.05, 0.1) is 18.7 Å². The normalized spacial score (nSPS) is 14.0. The number of hydrogen-bond acceptors (Lipinski definition) is 7. The van der Waals surface area contributed by atoms with Crippen LogP contribution < -0.4 is 14.8 Å². The third-order valence-corrected chi connectivity index (χ3v) is 3.58. The number of alkyl halides is 3. The maximum Gasteiger partial charge on any atom is 0.395 e. The van der Waals surface area contributed by atoms with Crippen LogP contribution in [0.5, 0.6) is 11.6 Å². The van der Waals surface area contributed by atoms with Gasteiger partial charge in [-0.3, -0.25) is 0 Å². The van der Waals surface area contributed by atoms with Gasteiger partial charge in [-0.2, -0.15) is 13.2 Å². The topological polar surface area (TPSA) is 69.2 Å². The van der Waals surface area contributed by atoms with Gasteiger partial charge in [-0.1, -0.05) is 11.3 Å². The fourth-order valence-corrected chi connectivity index (χ4v) is 2.57. The number of nitrogens with zero attached hydrogens (tertiary/aromatic N) is 3. The summed E-state index contributed by atoms with van der Waals surface area (Å²) in [6.07, 6.45) is -5.36. The van der Waals surface area contributed by atoms with E-state index in [4.69, 9.17) is 9.47 Å². The van der Waals surface area contributed by atoms with E-state index < -0.39 is 12.6 Å². The van der Waals surface area contributed by atoms with Crippen molar-refractivity contribution in [2.24, 2.45) is 0 Å². The number of rotatable bonds is 4. The highest BCUT2D eigenvalue weighted by molar-refractivity contribution is 7.15. The number of anilines is 1. The molecule has 0 aliphatic carbocycles. The molecule has 118 valence electrons. The fourth-order valence-electron chi connectivity index (χ4n) is 1.80. The van der Waals surface area contributed by atoms with Gasteiger partial charge in [-0.25, -0.2) is 4.98 Å². The van der Waals surface area contributed by atoms with E-state index in [1.807, 2.05) is 0 Å². The molecular weight excluding hydrogens is 321 g/mol. The van der Waals surface area contributed by atoms with Crippen molar-refractivity contribution in [3.05, 3.63) is 22.8 Å². The van der Waals surface area contributed by atoms with Crippen LogP contribution in [0, 0.1) is 0 Å². The van der Waals surface area contributed by atoms with Gasteiger partial charge in [-0.05, 0) is 12.1 Å². The lowest BCUT2D eigenvalue weighted by Crippen LogP contribution is -2.17. The Morgan fingerprint density at radius 3 is 2.82 bits per heavy atom. The predicted molar refractivity (Wildman–Crippen MR) is 72.2 cm³/mol. The molecule has 6 nitrogen and oxygen atoms in total. The van der Waals surface area contributed by atoms with E-state index >= 15 is 0 Å². The Labute approximate surface area is 127 Å². The molecule has 1 N–H and O–H groups in total. The molecule has 0 saturated carbocycles. The molecule has 0 aromatic carbocycles. The number of aromatic nitrogens is 3. The zero-order chi connectivity index (χ0) is 15.6. The van der Waals surface area contributed by atoms with E-state index in [1.165, 1.54) is 0 Å². The first kappa shape index (κ1) is 14.8. The second kappa shape index (κ2) is 5.95. The molecule has 0 unspecified atom stereocenters. The first-order valence-corrected chi connectivity index (χ1v) is 7.20. The van der Waals surface area contributed by atoms with Gasteiger partial charge < -0.3 is 14.8 Å². The van der Waals surface area contributed by atoms with E-state index in [9.17, 15) is 13.2 Å². The van der Waals surface area contributed by atoms with E-state index in [1.54, 1.807) is 12.1 Å².